The minimum atomic E-state index is -0.252. The van der Waals surface area contributed by atoms with Crippen LogP contribution in [-0.2, 0) is 14.3 Å². The average molecular weight is 298 g/mol. The van der Waals surface area contributed by atoms with Crippen molar-refractivity contribution in [3.63, 3.8) is 0 Å². The summed E-state index contributed by atoms with van der Waals surface area (Å²) in [7, 11) is 0. The molecule has 2 unspecified atom stereocenters. The van der Waals surface area contributed by atoms with Crippen molar-refractivity contribution in [2.75, 3.05) is 6.61 Å². The molecular weight excluding hydrogens is 264 g/mol. The van der Waals surface area contributed by atoms with E-state index in [1.54, 1.807) is 0 Å². The van der Waals surface area contributed by atoms with Gasteiger partial charge in [0.1, 0.15) is 5.78 Å². The minimum Gasteiger partial charge on any atom is -0.465 e. The van der Waals surface area contributed by atoms with Crippen molar-refractivity contribution in [2.24, 2.45) is 17.8 Å². The molecule has 124 valence electrons. The molecule has 0 aliphatic rings. The lowest BCUT2D eigenvalue weighted by Crippen LogP contribution is -2.32. The summed E-state index contributed by atoms with van der Waals surface area (Å²) in [5.41, 5.74) is 0. The number of Topliss-reactive ketones (excluding diaryl/α,β-unsaturated/α-hetero) is 1. The highest BCUT2D eigenvalue weighted by atomic mass is 16.5. The van der Waals surface area contributed by atoms with E-state index in [1.807, 2.05) is 13.8 Å². The Balaban J connectivity index is 4.86. The van der Waals surface area contributed by atoms with Crippen LogP contribution >= 0.6 is 0 Å². The predicted molar refractivity (Wildman–Crippen MR) is 87.1 cm³/mol. The van der Waals surface area contributed by atoms with E-state index in [4.69, 9.17) is 4.74 Å². The van der Waals surface area contributed by atoms with Crippen molar-refractivity contribution in [1.29, 1.82) is 0 Å². The number of carbonyl (C=O) groups is 2. The lowest BCUT2D eigenvalue weighted by Gasteiger charge is -2.24. The third-order valence-electron chi connectivity index (χ3n) is 3.74. The van der Waals surface area contributed by atoms with Gasteiger partial charge < -0.3 is 4.74 Å². The summed E-state index contributed by atoms with van der Waals surface area (Å²) < 4.78 is 5.41. The Morgan fingerprint density at radius 2 is 1.48 bits per heavy atom. The molecular formula is C18H34O3. The van der Waals surface area contributed by atoms with Gasteiger partial charge in [-0.2, -0.15) is 0 Å². The predicted octanol–water partition coefficient (Wildman–Crippen LogP) is 4.78. The maximum absolute atomic E-state index is 12.4. The fraction of sp³-hybridized carbons (Fsp3) is 0.889. The molecule has 0 aromatic rings. The quantitative estimate of drug-likeness (QED) is 0.487. The van der Waals surface area contributed by atoms with Crippen LogP contribution in [0, 0.1) is 17.8 Å². The maximum atomic E-state index is 12.4. The van der Waals surface area contributed by atoms with Gasteiger partial charge in [-0.25, -0.2) is 0 Å². The number of esters is 1. The second-order valence-electron chi connectivity index (χ2n) is 6.38. The molecule has 0 fully saturated rings. The molecule has 0 aliphatic heterocycles. The first-order chi connectivity index (χ1) is 9.97. The van der Waals surface area contributed by atoms with Gasteiger partial charge in [0.15, 0.2) is 0 Å². The van der Waals surface area contributed by atoms with Crippen LogP contribution in [0.25, 0.3) is 0 Å². The molecule has 0 spiro atoms. The molecule has 0 radical (unpaired) electrons. The molecule has 0 amide bonds. The summed E-state index contributed by atoms with van der Waals surface area (Å²) in [5, 5.41) is 0. The normalized spacial score (nSPS) is 14.0. The van der Waals surface area contributed by atoms with Crippen LogP contribution in [-0.4, -0.2) is 18.4 Å². The van der Waals surface area contributed by atoms with Crippen molar-refractivity contribution in [1.82, 2.24) is 0 Å². The van der Waals surface area contributed by atoms with Gasteiger partial charge in [0, 0.05) is 12.3 Å². The zero-order valence-electron chi connectivity index (χ0n) is 14.6. The van der Waals surface area contributed by atoms with Crippen LogP contribution in [0.5, 0.6) is 0 Å². The third-order valence-corrected chi connectivity index (χ3v) is 3.74. The zero-order valence-corrected chi connectivity index (χ0v) is 14.6. The SMILES string of the molecule is CCCCC(=O)C(CCC)C(CCC)C(=O)OCC(C)C. The largest absolute Gasteiger partial charge is 0.465 e. The Labute approximate surface area is 130 Å². The molecule has 0 bridgehead atoms. The maximum Gasteiger partial charge on any atom is 0.309 e. The van der Waals surface area contributed by atoms with Crippen molar-refractivity contribution < 1.29 is 14.3 Å². The number of carbonyl (C=O) groups excluding carboxylic acids is 2. The van der Waals surface area contributed by atoms with Crippen LogP contribution in [0.4, 0.5) is 0 Å². The highest BCUT2D eigenvalue weighted by Gasteiger charge is 2.32. The van der Waals surface area contributed by atoms with Gasteiger partial charge >= 0.3 is 5.97 Å². The molecule has 0 rings (SSSR count). The van der Waals surface area contributed by atoms with Crippen molar-refractivity contribution in [3.8, 4) is 0 Å². The van der Waals surface area contributed by atoms with Crippen molar-refractivity contribution >= 4 is 11.8 Å². The number of unbranched alkanes of at least 4 members (excludes halogenated alkanes) is 1. The van der Waals surface area contributed by atoms with Crippen LogP contribution in [0.1, 0.15) is 79.6 Å². The molecule has 3 heteroatoms. The van der Waals surface area contributed by atoms with Gasteiger partial charge in [-0.1, -0.05) is 53.9 Å². The van der Waals surface area contributed by atoms with E-state index in [0.717, 1.165) is 38.5 Å². The van der Waals surface area contributed by atoms with Gasteiger partial charge in [-0.15, -0.1) is 0 Å². The second kappa shape index (κ2) is 11.8. The Morgan fingerprint density at radius 1 is 0.905 bits per heavy atom. The number of ketones is 1. The lowest BCUT2D eigenvalue weighted by atomic mass is 9.81. The van der Waals surface area contributed by atoms with Crippen molar-refractivity contribution in [3.05, 3.63) is 0 Å². The Morgan fingerprint density at radius 3 is 1.95 bits per heavy atom. The van der Waals surface area contributed by atoms with Gasteiger partial charge in [-0.3, -0.25) is 9.59 Å². The fourth-order valence-corrected chi connectivity index (χ4v) is 2.58. The molecule has 0 aromatic carbocycles. The summed E-state index contributed by atoms with van der Waals surface area (Å²) >= 11 is 0. The lowest BCUT2D eigenvalue weighted by molar-refractivity contribution is -0.154. The van der Waals surface area contributed by atoms with Gasteiger partial charge in [0.05, 0.1) is 12.5 Å². The van der Waals surface area contributed by atoms with E-state index in [-0.39, 0.29) is 23.6 Å². The molecule has 0 aliphatic carbocycles. The van der Waals surface area contributed by atoms with E-state index < -0.39 is 0 Å². The molecule has 3 nitrogen and oxygen atoms in total. The standard InChI is InChI=1S/C18H34O3/c1-6-9-12-17(19)15(10-7-2)16(11-8-3)18(20)21-13-14(4)5/h14-16H,6-13H2,1-5H3. The van der Waals surface area contributed by atoms with Gasteiger partial charge in [0.2, 0.25) is 0 Å². The first-order valence-corrected chi connectivity index (χ1v) is 8.67. The first kappa shape index (κ1) is 20.1. The fourth-order valence-electron chi connectivity index (χ4n) is 2.58. The molecule has 0 N–H and O–H groups in total. The monoisotopic (exact) mass is 298 g/mol. The average Bonchev–Trinajstić information content (AvgIpc) is 2.45. The van der Waals surface area contributed by atoms with Gasteiger partial charge in [-0.05, 0) is 25.2 Å². The highest BCUT2D eigenvalue weighted by molar-refractivity contribution is 5.86. The highest BCUT2D eigenvalue weighted by Crippen LogP contribution is 2.27. The summed E-state index contributed by atoms with van der Waals surface area (Å²) in [6.07, 6.45) is 5.91. The van der Waals surface area contributed by atoms with Crippen LogP contribution in [0.2, 0.25) is 0 Å². The summed E-state index contributed by atoms with van der Waals surface area (Å²) in [4.78, 5) is 24.8. The molecule has 0 heterocycles. The third kappa shape index (κ3) is 8.23. The molecule has 21 heavy (non-hydrogen) atoms. The second-order valence-corrected chi connectivity index (χ2v) is 6.38. The molecule has 0 saturated carbocycles. The van der Waals surface area contributed by atoms with E-state index in [9.17, 15) is 9.59 Å². The minimum absolute atomic E-state index is 0.152. The first-order valence-electron chi connectivity index (χ1n) is 8.67. The summed E-state index contributed by atoms with van der Waals surface area (Å²) in [6, 6.07) is 0. The summed E-state index contributed by atoms with van der Waals surface area (Å²) in [6.45, 7) is 10.7. The summed E-state index contributed by atoms with van der Waals surface area (Å²) in [5.74, 6) is 0.00311. The van der Waals surface area contributed by atoms with Crippen molar-refractivity contribution in [2.45, 2.75) is 79.6 Å². The number of hydrogen-bond acceptors (Lipinski definition) is 3. The van der Waals surface area contributed by atoms with E-state index in [2.05, 4.69) is 20.8 Å². The van der Waals surface area contributed by atoms with Crippen LogP contribution in [0.3, 0.4) is 0 Å². The number of ether oxygens (including phenoxy) is 1. The van der Waals surface area contributed by atoms with Crippen LogP contribution < -0.4 is 0 Å². The van der Waals surface area contributed by atoms with E-state index in [1.165, 1.54) is 0 Å². The topological polar surface area (TPSA) is 43.4 Å². The Hall–Kier alpha value is -0.860. The smallest absolute Gasteiger partial charge is 0.309 e. The van der Waals surface area contributed by atoms with Gasteiger partial charge in [0.25, 0.3) is 0 Å². The number of hydrogen-bond donors (Lipinski definition) is 0. The molecule has 2 atom stereocenters. The Kier molecular flexibility index (Phi) is 11.3. The number of rotatable bonds is 12. The van der Waals surface area contributed by atoms with E-state index in [0.29, 0.717) is 18.9 Å². The zero-order chi connectivity index (χ0) is 16.3. The van der Waals surface area contributed by atoms with E-state index >= 15 is 0 Å². The molecule has 0 saturated heterocycles. The Bertz CT molecular complexity index is 297. The van der Waals surface area contributed by atoms with Crippen LogP contribution in [0.15, 0.2) is 0 Å². The molecule has 0 aromatic heterocycles.